The molecule has 1 N–H and O–H groups in total. The van der Waals surface area contributed by atoms with Crippen LogP contribution in [0.25, 0.3) is 0 Å². The molecule has 0 radical (unpaired) electrons. The molecule has 1 atom stereocenters. The number of rotatable bonds is 5. The van der Waals surface area contributed by atoms with E-state index in [9.17, 15) is 18.0 Å². The molecule has 1 fully saturated rings. The van der Waals surface area contributed by atoms with Crippen molar-refractivity contribution in [2.24, 2.45) is 0 Å². The maximum absolute atomic E-state index is 12.3. The summed E-state index contributed by atoms with van der Waals surface area (Å²) in [5.41, 5.74) is 0.732. The zero-order valence-electron chi connectivity index (χ0n) is 13.3. The zero-order valence-corrected chi connectivity index (χ0v) is 14.1. The molecule has 0 saturated carbocycles. The first-order valence-electron chi connectivity index (χ1n) is 7.52. The van der Waals surface area contributed by atoms with Gasteiger partial charge in [-0.15, -0.1) is 0 Å². The maximum Gasteiger partial charge on any atom is 0.422 e. The highest BCUT2D eigenvalue weighted by molar-refractivity contribution is 7.87. The molecule has 0 bridgehead atoms. The second-order valence-corrected chi connectivity index (χ2v) is 6.94. The number of methoxy groups -OCH3 is 1. The number of carbonyl (C=O) groups is 2. The van der Waals surface area contributed by atoms with Crippen LogP contribution in [0.2, 0.25) is 0 Å². The number of piperidine rings is 1. The van der Waals surface area contributed by atoms with Crippen LogP contribution in [0.4, 0.5) is 4.79 Å². The maximum atomic E-state index is 12.3. The van der Waals surface area contributed by atoms with E-state index >= 15 is 0 Å². The van der Waals surface area contributed by atoms with E-state index in [0.29, 0.717) is 19.3 Å². The lowest BCUT2D eigenvalue weighted by molar-refractivity contribution is -0.146. The van der Waals surface area contributed by atoms with Gasteiger partial charge in [-0.25, -0.2) is 9.52 Å². The number of ether oxygens (including phenoxy) is 2. The van der Waals surface area contributed by atoms with Gasteiger partial charge in [-0.1, -0.05) is 30.3 Å². The van der Waals surface area contributed by atoms with Crippen molar-refractivity contribution in [3.8, 4) is 0 Å². The van der Waals surface area contributed by atoms with Crippen LogP contribution in [0.15, 0.2) is 30.3 Å². The summed E-state index contributed by atoms with van der Waals surface area (Å²) in [6.07, 6.45) is 0.581. The lowest BCUT2D eigenvalue weighted by Gasteiger charge is -2.32. The highest BCUT2D eigenvalue weighted by Crippen LogP contribution is 2.20. The summed E-state index contributed by atoms with van der Waals surface area (Å²) in [6, 6.07) is 7.95. The van der Waals surface area contributed by atoms with Crippen molar-refractivity contribution in [1.82, 2.24) is 9.03 Å². The van der Waals surface area contributed by atoms with Crippen LogP contribution >= 0.6 is 0 Å². The smallest absolute Gasteiger partial charge is 0.422 e. The van der Waals surface area contributed by atoms with Crippen molar-refractivity contribution in [3.63, 3.8) is 0 Å². The standard InChI is InChI=1S/C15H20N2O6S/c1-22-14(18)13-9-5-6-10-17(13)24(20,21)16-15(19)23-11-12-7-3-2-4-8-12/h2-4,7-8,13H,5-6,9-11H2,1H3,(H,16,19). The normalized spacial score (nSPS) is 18.6. The van der Waals surface area contributed by atoms with Gasteiger partial charge in [-0.2, -0.15) is 12.7 Å². The minimum atomic E-state index is -4.18. The van der Waals surface area contributed by atoms with Gasteiger partial charge in [0, 0.05) is 6.54 Å². The minimum Gasteiger partial charge on any atom is -0.468 e. The molecule has 8 nitrogen and oxygen atoms in total. The fraction of sp³-hybridized carbons (Fsp3) is 0.467. The molecule has 2 rings (SSSR count). The number of esters is 1. The van der Waals surface area contributed by atoms with Gasteiger partial charge in [0.25, 0.3) is 0 Å². The SMILES string of the molecule is COC(=O)C1CCCCN1S(=O)(=O)NC(=O)OCc1ccccc1. The van der Waals surface area contributed by atoms with Crippen molar-refractivity contribution < 1.29 is 27.5 Å². The Morgan fingerprint density at radius 2 is 1.96 bits per heavy atom. The Bertz CT molecular complexity index is 676. The summed E-state index contributed by atoms with van der Waals surface area (Å²) in [5.74, 6) is -0.641. The Hall–Kier alpha value is -2.13. The molecule has 1 amide bonds. The van der Waals surface area contributed by atoms with Gasteiger partial charge in [-0.3, -0.25) is 4.79 Å². The van der Waals surface area contributed by atoms with Crippen molar-refractivity contribution >= 4 is 22.3 Å². The first-order chi connectivity index (χ1) is 11.4. The zero-order chi connectivity index (χ0) is 17.6. The average molecular weight is 356 g/mol. The summed E-state index contributed by atoms with van der Waals surface area (Å²) in [4.78, 5) is 23.5. The van der Waals surface area contributed by atoms with Crippen molar-refractivity contribution in [3.05, 3.63) is 35.9 Å². The van der Waals surface area contributed by atoms with Crippen LogP contribution < -0.4 is 4.72 Å². The summed E-state index contributed by atoms with van der Waals surface area (Å²) >= 11 is 0. The minimum absolute atomic E-state index is 0.0530. The van der Waals surface area contributed by atoms with Crippen LogP contribution in [0.1, 0.15) is 24.8 Å². The topological polar surface area (TPSA) is 102 Å². The Morgan fingerprint density at radius 3 is 2.62 bits per heavy atom. The third kappa shape index (κ3) is 4.68. The number of hydrogen-bond donors (Lipinski definition) is 1. The highest BCUT2D eigenvalue weighted by Gasteiger charge is 2.38. The van der Waals surface area contributed by atoms with E-state index in [2.05, 4.69) is 4.74 Å². The second kappa shape index (κ2) is 8.11. The molecule has 0 aromatic heterocycles. The van der Waals surface area contributed by atoms with E-state index in [1.54, 1.807) is 24.3 Å². The fourth-order valence-electron chi connectivity index (χ4n) is 2.48. The molecular weight excluding hydrogens is 336 g/mol. The van der Waals surface area contributed by atoms with Gasteiger partial charge in [-0.05, 0) is 24.8 Å². The molecule has 1 saturated heterocycles. The van der Waals surface area contributed by atoms with Gasteiger partial charge in [0.2, 0.25) is 0 Å². The number of carbonyl (C=O) groups excluding carboxylic acids is 2. The summed E-state index contributed by atoms with van der Waals surface area (Å²) in [7, 11) is -2.99. The lowest BCUT2D eigenvalue weighted by Crippen LogP contribution is -2.53. The largest absolute Gasteiger partial charge is 0.468 e. The molecule has 132 valence electrons. The molecule has 1 aliphatic heterocycles. The third-order valence-electron chi connectivity index (χ3n) is 3.66. The molecule has 0 spiro atoms. The molecule has 1 heterocycles. The molecule has 1 aliphatic rings. The predicted octanol–water partition coefficient (Wildman–Crippen LogP) is 1.19. The highest BCUT2D eigenvalue weighted by atomic mass is 32.2. The van der Waals surface area contributed by atoms with Crippen LogP contribution in [-0.2, 0) is 31.1 Å². The number of nitrogens with one attached hydrogen (secondary N) is 1. The Balaban J connectivity index is 1.98. The number of nitrogens with zero attached hydrogens (tertiary/aromatic N) is 1. The molecule has 24 heavy (non-hydrogen) atoms. The van der Waals surface area contributed by atoms with Gasteiger partial charge in [0.15, 0.2) is 0 Å². The van der Waals surface area contributed by atoms with Gasteiger partial charge < -0.3 is 9.47 Å². The van der Waals surface area contributed by atoms with E-state index in [1.165, 1.54) is 7.11 Å². The van der Waals surface area contributed by atoms with E-state index in [1.807, 2.05) is 10.8 Å². The third-order valence-corrected chi connectivity index (χ3v) is 5.14. The number of amides is 1. The summed E-state index contributed by atoms with van der Waals surface area (Å²) in [5, 5.41) is 0. The molecule has 1 unspecified atom stereocenters. The van der Waals surface area contributed by atoms with Crippen molar-refractivity contribution in [2.75, 3.05) is 13.7 Å². The number of benzene rings is 1. The van der Waals surface area contributed by atoms with Crippen LogP contribution in [0, 0.1) is 0 Å². The molecule has 1 aromatic rings. The second-order valence-electron chi connectivity index (χ2n) is 5.31. The molecular formula is C15H20N2O6S. The van der Waals surface area contributed by atoms with Crippen LogP contribution in [0.3, 0.4) is 0 Å². The van der Waals surface area contributed by atoms with Crippen LogP contribution in [-0.4, -0.2) is 44.5 Å². The van der Waals surface area contributed by atoms with Gasteiger partial charge in [0.1, 0.15) is 12.6 Å². The molecule has 9 heteroatoms. The predicted molar refractivity (Wildman–Crippen MR) is 85.0 cm³/mol. The van der Waals surface area contributed by atoms with Gasteiger partial charge in [0.05, 0.1) is 7.11 Å². The lowest BCUT2D eigenvalue weighted by atomic mass is 10.1. The Morgan fingerprint density at radius 1 is 1.25 bits per heavy atom. The Labute approximate surface area is 140 Å². The van der Waals surface area contributed by atoms with E-state index in [0.717, 1.165) is 9.87 Å². The summed E-state index contributed by atoms with van der Waals surface area (Å²) < 4.78 is 37.0. The number of hydrogen-bond acceptors (Lipinski definition) is 6. The fourth-order valence-corrected chi connectivity index (χ4v) is 3.76. The first-order valence-corrected chi connectivity index (χ1v) is 8.96. The molecule has 1 aromatic carbocycles. The monoisotopic (exact) mass is 356 g/mol. The Kier molecular flexibility index (Phi) is 6.16. The van der Waals surface area contributed by atoms with Crippen molar-refractivity contribution in [1.29, 1.82) is 0 Å². The average Bonchev–Trinajstić information content (AvgIpc) is 2.60. The van der Waals surface area contributed by atoms with E-state index in [4.69, 9.17) is 4.74 Å². The summed E-state index contributed by atoms with van der Waals surface area (Å²) in [6.45, 7) is 0.0870. The van der Waals surface area contributed by atoms with Gasteiger partial charge >= 0.3 is 22.3 Å². The van der Waals surface area contributed by atoms with E-state index in [-0.39, 0.29) is 13.2 Å². The van der Waals surface area contributed by atoms with Crippen molar-refractivity contribution in [2.45, 2.75) is 31.9 Å². The van der Waals surface area contributed by atoms with E-state index < -0.39 is 28.3 Å². The van der Waals surface area contributed by atoms with Crippen LogP contribution in [0.5, 0.6) is 0 Å². The molecule has 0 aliphatic carbocycles. The quantitative estimate of drug-likeness (QED) is 0.795. The first kappa shape index (κ1) is 18.2.